The van der Waals surface area contributed by atoms with Crippen LogP contribution in [0.15, 0.2) is 0 Å². The molecule has 0 bridgehead atoms. The fourth-order valence-electron chi connectivity index (χ4n) is 2.71. The number of ketones is 1. The standard InChI is InChI=1S/C14H27O4P/c1-4-5-6-7-9-14(10-8-11-14)13(15)12-19(16,17-2)18-3/h4-12H2,1-3H3. The summed E-state index contributed by atoms with van der Waals surface area (Å²) < 4.78 is 21.8. The molecule has 0 heterocycles. The normalized spacial score (nSPS) is 18.1. The first-order valence-electron chi connectivity index (χ1n) is 7.26. The van der Waals surface area contributed by atoms with Crippen molar-refractivity contribution in [1.82, 2.24) is 0 Å². The monoisotopic (exact) mass is 290 g/mol. The number of hydrogen-bond acceptors (Lipinski definition) is 4. The van der Waals surface area contributed by atoms with E-state index in [1.54, 1.807) is 0 Å². The van der Waals surface area contributed by atoms with E-state index in [0.717, 1.165) is 32.1 Å². The summed E-state index contributed by atoms with van der Waals surface area (Å²) in [5.74, 6) is 0.0716. The SMILES string of the molecule is CCCCCCC1(C(=O)CP(=O)(OC)OC)CCC1. The maximum absolute atomic E-state index is 12.4. The van der Waals surface area contributed by atoms with E-state index >= 15 is 0 Å². The van der Waals surface area contributed by atoms with E-state index in [4.69, 9.17) is 9.05 Å². The zero-order chi connectivity index (χ0) is 14.4. The fourth-order valence-corrected chi connectivity index (χ4v) is 3.80. The summed E-state index contributed by atoms with van der Waals surface area (Å²) in [7, 11) is -0.528. The Morgan fingerprint density at radius 2 is 1.79 bits per heavy atom. The third kappa shape index (κ3) is 4.40. The topological polar surface area (TPSA) is 52.6 Å². The van der Waals surface area contributed by atoms with Crippen LogP contribution in [0, 0.1) is 5.41 Å². The molecule has 0 aromatic heterocycles. The van der Waals surface area contributed by atoms with E-state index in [-0.39, 0.29) is 17.4 Å². The molecule has 1 aliphatic rings. The molecule has 0 unspecified atom stereocenters. The molecule has 0 aromatic carbocycles. The number of carbonyl (C=O) groups excluding carboxylic acids is 1. The summed E-state index contributed by atoms with van der Waals surface area (Å²) in [4.78, 5) is 12.4. The first-order chi connectivity index (χ1) is 9.02. The highest BCUT2D eigenvalue weighted by atomic mass is 31.2. The Kier molecular flexibility index (Phi) is 6.72. The summed E-state index contributed by atoms with van der Waals surface area (Å²) in [6, 6.07) is 0. The zero-order valence-corrected chi connectivity index (χ0v) is 13.3. The lowest BCUT2D eigenvalue weighted by Crippen LogP contribution is -2.39. The van der Waals surface area contributed by atoms with Crippen LogP contribution in [0.5, 0.6) is 0 Å². The largest absolute Gasteiger partial charge is 0.337 e. The molecule has 1 aliphatic carbocycles. The van der Waals surface area contributed by atoms with Gasteiger partial charge in [-0.2, -0.15) is 0 Å². The quantitative estimate of drug-likeness (QED) is 0.447. The Labute approximate surface area is 116 Å². The van der Waals surface area contributed by atoms with Crippen molar-refractivity contribution in [3.05, 3.63) is 0 Å². The summed E-state index contributed by atoms with van der Waals surface area (Å²) >= 11 is 0. The van der Waals surface area contributed by atoms with Gasteiger partial charge in [-0.25, -0.2) is 0 Å². The maximum Gasteiger partial charge on any atom is 0.337 e. The summed E-state index contributed by atoms with van der Waals surface area (Å²) in [6.45, 7) is 2.18. The Hall–Kier alpha value is -0.180. The number of hydrogen-bond donors (Lipinski definition) is 0. The number of unbranched alkanes of at least 4 members (excludes halogenated alkanes) is 3. The molecule has 0 saturated heterocycles. The second-order valence-electron chi connectivity index (χ2n) is 5.50. The number of rotatable bonds is 10. The van der Waals surface area contributed by atoms with Crippen LogP contribution in [-0.4, -0.2) is 26.2 Å². The van der Waals surface area contributed by atoms with E-state index in [1.807, 2.05) is 0 Å². The molecule has 0 amide bonds. The van der Waals surface area contributed by atoms with Crippen molar-refractivity contribution >= 4 is 13.4 Å². The van der Waals surface area contributed by atoms with Crippen molar-refractivity contribution in [2.45, 2.75) is 58.3 Å². The minimum absolute atomic E-state index is 0.0716. The molecule has 19 heavy (non-hydrogen) atoms. The van der Waals surface area contributed by atoms with Crippen molar-refractivity contribution < 1.29 is 18.4 Å². The van der Waals surface area contributed by atoms with Crippen LogP contribution in [0.3, 0.4) is 0 Å². The second-order valence-corrected chi connectivity index (χ2v) is 7.77. The van der Waals surface area contributed by atoms with Gasteiger partial charge in [-0.3, -0.25) is 9.36 Å². The van der Waals surface area contributed by atoms with Gasteiger partial charge >= 0.3 is 7.60 Å². The predicted octanol–water partition coefficient (Wildman–Crippen LogP) is 4.18. The van der Waals surface area contributed by atoms with Gasteiger partial charge in [0.15, 0.2) is 5.78 Å². The first-order valence-corrected chi connectivity index (χ1v) is 8.98. The van der Waals surface area contributed by atoms with Crippen LogP contribution in [0.1, 0.15) is 58.3 Å². The smallest absolute Gasteiger partial charge is 0.312 e. The third-order valence-corrected chi connectivity index (χ3v) is 6.09. The Balaban J connectivity index is 2.53. The predicted molar refractivity (Wildman–Crippen MR) is 76.5 cm³/mol. The zero-order valence-electron chi connectivity index (χ0n) is 12.4. The van der Waals surface area contributed by atoms with Crippen LogP contribution in [0.25, 0.3) is 0 Å². The molecule has 0 radical (unpaired) electrons. The van der Waals surface area contributed by atoms with Gasteiger partial charge in [0.25, 0.3) is 0 Å². The molecule has 0 aliphatic heterocycles. The average molecular weight is 290 g/mol. The first kappa shape index (κ1) is 16.9. The lowest BCUT2D eigenvalue weighted by molar-refractivity contribution is -0.131. The molecule has 0 N–H and O–H groups in total. The van der Waals surface area contributed by atoms with Gasteiger partial charge in [0.1, 0.15) is 6.16 Å². The van der Waals surface area contributed by atoms with Crippen LogP contribution < -0.4 is 0 Å². The second kappa shape index (κ2) is 7.56. The molecule has 0 atom stereocenters. The van der Waals surface area contributed by atoms with Crippen LogP contribution in [0.4, 0.5) is 0 Å². The molecule has 0 spiro atoms. The highest BCUT2D eigenvalue weighted by Gasteiger charge is 2.45. The molecule has 112 valence electrons. The third-order valence-electron chi connectivity index (χ3n) is 4.30. The molecule has 4 nitrogen and oxygen atoms in total. The lowest BCUT2D eigenvalue weighted by atomic mass is 9.63. The number of carbonyl (C=O) groups is 1. The van der Waals surface area contributed by atoms with Crippen molar-refractivity contribution in [1.29, 1.82) is 0 Å². The maximum atomic E-state index is 12.4. The van der Waals surface area contributed by atoms with Gasteiger partial charge in [-0.1, -0.05) is 39.0 Å². The van der Waals surface area contributed by atoms with Gasteiger partial charge in [0.05, 0.1) is 0 Å². The molecule has 0 aromatic rings. The van der Waals surface area contributed by atoms with E-state index in [9.17, 15) is 9.36 Å². The molecular formula is C14H27O4P. The number of Topliss-reactive ketones (excluding diaryl/α,β-unsaturated/α-hetero) is 1. The average Bonchev–Trinajstić information content (AvgIpc) is 2.36. The highest BCUT2D eigenvalue weighted by molar-refractivity contribution is 7.54. The van der Waals surface area contributed by atoms with Crippen LogP contribution in [-0.2, 0) is 18.4 Å². The van der Waals surface area contributed by atoms with E-state index in [1.165, 1.54) is 33.5 Å². The fraction of sp³-hybridized carbons (Fsp3) is 0.929. The molecule has 1 rings (SSSR count). The van der Waals surface area contributed by atoms with Crippen molar-refractivity contribution in [3.8, 4) is 0 Å². The minimum Gasteiger partial charge on any atom is -0.312 e. The Bertz CT molecular complexity index is 328. The van der Waals surface area contributed by atoms with Gasteiger partial charge in [-0.15, -0.1) is 0 Å². The van der Waals surface area contributed by atoms with Crippen molar-refractivity contribution in [2.75, 3.05) is 20.4 Å². The minimum atomic E-state index is -3.21. The van der Waals surface area contributed by atoms with Gasteiger partial charge in [0.2, 0.25) is 0 Å². The Morgan fingerprint density at radius 1 is 1.16 bits per heavy atom. The Morgan fingerprint density at radius 3 is 2.21 bits per heavy atom. The van der Waals surface area contributed by atoms with Gasteiger partial charge in [-0.05, 0) is 19.3 Å². The van der Waals surface area contributed by atoms with E-state index in [0.29, 0.717) is 0 Å². The van der Waals surface area contributed by atoms with E-state index in [2.05, 4.69) is 6.92 Å². The van der Waals surface area contributed by atoms with Crippen LogP contribution >= 0.6 is 7.60 Å². The molecule has 1 fully saturated rings. The van der Waals surface area contributed by atoms with Gasteiger partial charge < -0.3 is 9.05 Å². The molecular weight excluding hydrogens is 263 g/mol. The summed E-state index contributed by atoms with van der Waals surface area (Å²) in [6.07, 6.45) is 8.51. The highest BCUT2D eigenvalue weighted by Crippen LogP contribution is 2.52. The molecule has 5 heteroatoms. The molecule has 1 saturated carbocycles. The van der Waals surface area contributed by atoms with Crippen LogP contribution in [0.2, 0.25) is 0 Å². The summed E-state index contributed by atoms with van der Waals surface area (Å²) in [5.41, 5.74) is -0.236. The summed E-state index contributed by atoms with van der Waals surface area (Å²) in [5, 5.41) is 0. The van der Waals surface area contributed by atoms with Gasteiger partial charge in [0, 0.05) is 19.6 Å². The van der Waals surface area contributed by atoms with Crippen molar-refractivity contribution in [3.63, 3.8) is 0 Å². The lowest BCUT2D eigenvalue weighted by Gasteiger charge is -2.41. The van der Waals surface area contributed by atoms with Crippen molar-refractivity contribution in [2.24, 2.45) is 5.41 Å². The van der Waals surface area contributed by atoms with E-state index < -0.39 is 7.60 Å².